The summed E-state index contributed by atoms with van der Waals surface area (Å²) in [7, 11) is -2.96. The highest BCUT2D eigenvalue weighted by Gasteiger charge is 2.02. The van der Waals surface area contributed by atoms with Crippen LogP contribution in [0.1, 0.15) is 6.42 Å². The predicted molar refractivity (Wildman–Crippen MR) is 113 cm³/mol. The second kappa shape index (κ2) is 10.2. The zero-order chi connectivity index (χ0) is 17.4. The van der Waals surface area contributed by atoms with E-state index in [0.717, 1.165) is 11.4 Å². The van der Waals surface area contributed by atoms with Crippen LogP contribution >= 0.6 is 24.0 Å². The Morgan fingerprint density at radius 2 is 1.80 bits per heavy atom. The number of hydrogen-bond donors (Lipinski definition) is 2. The Kier molecular flexibility index (Phi) is 8.70. The summed E-state index contributed by atoms with van der Waals surface area (Å²) in [5, 5.41) is 2.96. The van der Waals surface area contributed by atoms with Crippen molar-refractivity contribution in [1.29, 1.82) is 0 Å². The van der Waals surface area contributed by atoms with Crippen molar-refractivity contribution in [3.8, 4) is 11.5 Å². The zero-order valence-electron chi connectivity index (χ0n) is 13.9. The minimum Gasteiger partial charge on any atom is -0.457 e. The minimum atomic E-state index is -2.96. The molecule has 0 amide bonds. The van der Waals surface area contributed by atoms with Gasteiger partial charge in [-0.25, -0.2) is 8.42 Å². The molecule has 0 aromatic heterocycles. The van der Waals surface area contributed by atoms with E-state index in [1.54, 1.807) is 0 Å². The van der Waals surface area contributed by atoms with Crippen LogP contribution in [0.3, 0.4) is 0 Å². The largest absolute Gasteiger partial charge is 0.457 e. The molecule has 0 spiro atoms. The van der Waals surface area contributed by atoms with Crippen molar-refractivity contribution in [2.45, 2.75) is 6.42 Å². The lowest BCUT2D eigenvalue weighted by molar-refractivity contribution is 0.483. The first-order chi connectivity index (χ1) is 11.4. The molecule has 136 valence electrons. The molecule has 2 aromatic rings. The average Bonchev–Trinajstić information content (AvgIpc) is 2.52. The van der Waals surface area contributed by atoms with Crippen LogP contribution in [0.15, 0.2) is 59.6 Å². The van der Waals surface area contributed by atoms with Crippen molar-refractivity contribution < 1.29 is 13.2 Å². The fraction of sp³-hybridized carbons (Fsp3) is 0.235. The lowest BCUT2D eigenvalue weighted by Crippen LogP contribution is -2.23. The first-order valence-electron chi connectivity index (χ1n) is 7.50. The molecule has 0 aliphatic rings. The van der Waals surface area contributed by atoms with Gasteiger partial charge in [0, 0.05) is 24.6 Å². The van der Waals surface area contributed by atoms with Crippen LogP contribution in [-0.2, 0) is 9.84 Å². The summed E-state index contributed by atoms with van der Waals surface area (Å²) in [5.41, 5.74) is 6.55. The number of rotatable bonds is 7. The molecule has 25 heavy (non-hydrogen) atoms. The van der Waals surface area contributed by atoms with E-state index in [-0.39, 0.29) is 35.7 Å². The number of halogens is 1. The summed E-state index contributed by atoms with van der Waals surface area (Å²) in [5.74, 6) is 1.76. The number of nitrogens with one attached hydrogen (secondary N) is 1. The maximum absolute atomic E-state index is 11.0. The van der Waals surface area contributed by atoms with Crippen molar-refractivity contribution in [1.82, 2.24) is 0 Å². The number of anilines is 1. The van der Waals surface area contributed by atoms with Gasteiger partial charge in [0.05, 0.1) is 5.75 Å². The van der Waals surface area contributed by atoms with Crippen molar-refractivity contribution in [2.24, 2.45) is 10.7 Å². The first-order valence-corrected chi connectivity index (χ1v) is 9.56. The first kappa shape index (κ1) is 21.2. The normalized spacial score (nSPS) is 11.5. The molecular formula is C17H22IN3O3S. The quantitative estimate of drug-likeness (QED) is 0.278. The Bertz CT molecular complexity index is 796. The van der Waals surface area contributed by atoms with Crippen LogP contribution in [0.5, 0.6) is 11.5 Å². The van der Waals surface area contributed by atoms with E-state index >= 15 is 0 Å². The van der Waals surface area contributed by atoms with E-state index in [1.807, 2.05) is 54.6 Å². The second-order valence-corrected chi connectivity index (χ2v) is 7.58. The summed E-state index contributed by atoms with van der Waals surface area (Å²) in [6.07, 6.45) is 1.65. The van der Waals surface area contributed by atoms with Gasteiger partial charge in [0.25, 0.3) is 0 Å². The van der Waals surface area contributed by atoms with Crippen LogP contribution in [0.4, 0.5) is 5.69 Å². The second-order valence-electron chi connectivity index (χ2n) is 5.32. The molecule has 3 N–H and O–H groups in total. The number of hydrogen-bond acceptors (Lipinski definition) is 4. The van der Waals surface area contributed by atoms with Gasteiger partial charge in [-0.2, -0.15) is 0 Å². The van der Waals surface area contributed by atoms with Crippen LogP contribution < -0.4 is 15.8 Å². The molecule has 2 rings (SSSR count). The van der Waals surface area contributed by atoms with Crippen LogP contribution in [-0.4, -0.2) is 32.9 Å². The number of aliphatic imine (C=N–C) groups is 1. The van der Waals surface area contributed by atoms with Crippen LogP contribution in [0, 0.1) is 0 Å². The van der Waals surface area contributed by atoms with Gasteiger partial charge in [-0.05, 0) is 30.7 Å². The van der Waals surface area contributed by atoms with Crippen LogP contribution in [0.25, 0.3) is 0 Å². The number of ether oxygens (including phenoxy) is 1. The molecule has 0 fully saturated rings. The topological polar surface area (TPSA) is 93.8 Å². The minimum absolute atomic E-state index is 0. The third-order valence-electron chi connectivity index (χ3n) is 3.04. The molecule has 0 radical (unpaired) electrons. The molecule has 0 aliphatic carbocycles. The number of benzene rings is 2. The molecule has 6 nitrogen and oxygen atoms in total. The molecule has 8 heteroatoms. The summed E-state index contributed by atoms with van der Waals surface area (Å²) < 4.78 is 27.8. The summed E-state index contributed by atoms with van der Waals surface area (Å²) in [6, 6.07) is 16.8. The smallest absolute Gasteiger partial charge is 0.193 e. The van der Waals surface area contributed by atoms with Gasteiger partial charge < -0.3 is 15.8 Å². The monoisotopic (exact) mass is 475 g/mol. The highest BCUT2D eigenvalue weighted by atomic mass is 127. The van der Waals surface area contributed by atoms with Crippen molar-refractivity contribution in [3.05, 3.63) is 54.6 Å². The highest BCUT2D eigenvalue weighted by Crippen LogP contribution is 2.23. The van der Waals surface area contributed by atoms with E-state index in [0.29, 0.717) is 18.7 Å². The SMILES string of the molecule is CS(=O)(=O)CCCN=C(N)Nc1cccc(Oc2ccccc2)c1.I. The van der Waals surface area contributed by atoms with Gasteiger partial charge in [-0.3, -0.25) is 4.99 Å². The van der Waals surface area contributed by atoms with Gasteiger partial charge in [0.15, 0.2) is 5.96 Å². The average molecular weight is 475 g/mol. The molecule has 0 bridgehead atoms. The number of nitrogens with two attached hydrogens (primary N) is 1. The molecule has 0 heterocycles. The summed E-state index contributed by atoms with van der Waals surface area (Å²) >= 11 is 0. The third kappa shape index (κ3) is 8.73. The Morgan fingerprint density at radius 3 is 2.48 bits per heavy atom. The summed E-state index contributed by atoms with van der Waals surface area (Å²) in [4.78, 5) is 4.11. The van der Waals surface area contributed by atoms with E-state index in [1.165, 1.54) is 6.26 Å². The van der Waals surface area contributed by atoms with Gasteiger partial charge in [-0.15, -0.1) is 24.0 Å². The van der Waals surface area contributed by atoms with E-state index in [9.17, 15) is 8.42 Å². The molecule has 0 unspecified atom stereocenters. The maximum Gasteiger partial charge on any atom is 0.193 e. The van der Waals surface area contributed by atoms with Gasteiger partial charge in [0.1, 0.15) is 21.3 Å². The number of nitrogens with zero attached hydrogens (tertiary/aromatic N) is 1. The van der Waals surface area contributed by atoms with Crippen molar-refractivity contribution in [2.75, 3.05) is 23.9 Å². The predicted octanol–water partition coefficient (Wildman–Crippen LogP) is 3.26. The number of sulfone groups is 1. The lowest BCUT2D eigenvalue weighted by atomic mass is 10.3. The van der Waals surface area contributed by atoms with E-state index in [4.69, 9.17) is 10.5 Å². The highest BCUT2D eigenvalue weighted by molar-refractivity contribution is 14.0. The molecule has 0 aliphatic heterocycles. The fourth-order valence-corrected chi connectivity index (χ4v) is 2.63. The van der Waals surface area contributed by atoms with Gasteiger partial charge >= 0.3 is 0 Å². The Morgan fingerprint density at radius 1 is 1.12 bits per heavy atom. The molecule has 0 atom stereocenters. The lowest BCUT2D eigenvalue weighted by Gasteiger charge is -2.09. The molecule has 0 saturated carbocycles. The third-order valence-corrected chi connectivity index (χ3v) is 4.07. The maximum atomic E-state index is 11.0. The molecule has 0 saturated heterocycles. The van der Waals surface area contributed by atoms with Gasteiger partial charge in [0.2, 0.25) is 0 Å². The number of para-hydroxylation sites is 1. The van der Waals surface area contributed by atoms with Gasteiger partial charge in [-0.1, -0.05) is 24.3 Å². The standard InChI is InChI=1S/C17H21N3O3S.HI/c1-24(21,22)12-6-11-19-17(18)20-14-7-5-10-16(13-14)23-15-8-3-2-4-9-15;/h2-5,7-10,13H,6,11-12H2,1H3,(H3,18,19,20);1H. The van der Waals surface area contributed by atoms with Crippen molar-refractivity contribution >= 4 is 45.5 Å². The number of guanidine groups is 1. The van der Waals surface area contributed by atoms with E-state index < -0.39 is 9.84 Å². The fourth-order valence-electron chi connectivity index (χ4n) is 1.98. The Hall–Kier alpha value is -1.81. The molecule has 2 aromatic carbocycles. The van der Waals surface area contributed by atoms with Crippen LogP contribution in [0.2, 0.25) is 0 Å². The summed E-state index contributed by atoms with van der Waals surface area (Å²) in [6.45, 7) is 0.353. The molecular weight excluding hydrogens is 453 g/mol. The van der Waals surface area contributed by atoms with Crippen molar-refractivity contribution in [3.63, 3.8) is 0 Å². The Labute approximate surface area is 165 Å². The van der Waals surface area contributed by atoms with E-state index in [2.05, 4.69) is 10.3 Å². The zero-order valence-corrected chi connectivity index (χ0v) is 17.0. The Balaban J connectivity index is 0.00000312.